The molecule has 2 heterocycles. The standard InChI is InChI=1S/C21H35N5O8/c1-11(27)14(16(22)30)23-13(29)9-25-10-21(18(25)32)7-6-8-26(21)17(31)15(12(2)28)24-19(33)34-20(3,4)5/h11-12,14-15,27-28H,6-10H2,1-5H3,(H2,22,30)(H,23,29)(H,24,33)/t11-,12-,14+,15?,21?/m1/s1. The smallest absolute Gasteiger partial charge is 0.408 e. The van der Waals surface area contributed by atoms with E-state index in [2.05, 4.69) is 10.6 Å². The summed E-state index contributed by atoms with van der Waals surface area (Å²) in [7, 11) is 0. The van der Waals surface area contributed by atoms with E-state index in [4.69, 9.17) is 10.5 Å². The van der Waals surface area contributed by atoms with Gasteiger partial charge in [-0.05, 0) is 47.5 Å². The summed E-state index contributed by atoms with van der Waals surface area (Å²) in [5, 5.41) is 24.4. The summed E-state index contributed by atoms with van der Waals surface area (Å²) in [6, 6.07) is -2.62. The molecule has 0 saturated carbocycles. The van der Waals surface area contributed by atoms with Crippen molar-refractivity contribution in [3.63, 3.8) is 0 Å². The van der Waals surface area contributed by atoms with Gasteiger partial charge in [-0.3, -0.25) is 19.2 Å². The Bertz CT molecular complexity index is 840. The van der Waals surface area contributed by atoms with Gasteiger partial charge in [0.1, 0.15) is 23.2 Å². The molecule has 2 fully saturated rings. The van der Waals surface area contributed by atoms with Crippen LogP contribution in [0.5, 0.6) is 0 Å². The van der Waals surface area contributed by atoms with Crippen molar-refractivity contribution in [2.24, 2.45) is 5.73 Å². The van der Waals surface area contributed by atoms with Crippen molar-refractivity contribution in [2.45, 2.75) is 82.9 Å². The number of aliphatic hydroxyl groups is 2. The van der Waals surface area contributed by atoms with Gasteiger partial charge in [0.2, 0.25) is 17.7 Å². The summed E-state index contributed by atoms with van der Waals surface area (Å²) in [6.45, 7) is 7.55. The number of nitrogens with two attached hydrogens (primary N) is 1. The molecule has 0 aromatic rings. The summed E-state index contributed by atoms with van der Waals surface area (Å²) in [5.41, 5.74) is 3.18. The van der Waals surface area contributed by atoms with Gasteiger partial charge in [0.15, 0.2) is 0 Å². The number of rotatable bonds is 8. The van der Waals surface area contributed by atoms with Crippen LogP contribution in [0, 0.1) is 0 Å². The SMILES string of the molecule is C[C@@H](O)C(NC(=O)OC(C)(C)C)C(=O)N1CCCC12CN(CC(=O)N[C@H](C(N)=O)[C@@H](C)O)C2=O. The van der Waals surface area contributed by atoms with Crippen LogP contribution in [0.2, 0.25) is 0 Å². The maximum atomic E-state index is 13.2. The average molecular weight is 486 g/mol. The second-order valence-electron chi connectivity index (χ2n) is 9.84. The lowest BCUT2D eigenvalue weighted by Gasteiger charge is -2.51. The van der Waals surface area contributed by atoms with Crippen LogP contribution in [0.1, 0.15) is 47.5 Å². The van der Waals surface area contributed by atoms with E-state index in [-0.39, 0.29) is 19.6 Å². The molecule has 1 spiro atoms. The third-order valence-electron chi connectivity index (χ3n) is 5.75. The molecule has 0 aromatic heterocycles. The Labute approximate surface area is 197 Å². The third-order valence-corrected chi connectivity index (χ3v) is 5.75. The molecule has 5 atom stereocenters. The number of β-lactam (4-membered cyclic amide) rings is 1. The number of aliphatic hydroxyl groups excluding tert-OH is 2. The molecule has 6 N–H and O–H groups in total. The van der Waals surface area contributed by atoms with Crippen LogP contribution in [0.4, 0.5) is 4.79 Å². The van der Waals surface area contributed by atoms with Gasteiger partial charge >= 0.3 is 6.09 Å². The van der Waals surface area contributed by atoms with E-state index in [9.17, 15) is 34.2 Å². The first-order chi connectivity index (χ1) is 15.6. The Kier molecular flexibility index (Phi) is 8.14. The van der Waals surface area contributed by atoms with Gasteiger partial charge in [0, 0.05) is 6.54 Å². The molecule has 0 aliphatic carbocycles. The second-order valence-corrected chi connectivity index (χ2v) is 9.84. The molecule has 2 unspecified atom stereocenters. The van der Waals surface area contributed by atoms with E-state index >= 15 is 0 Å². The molecular weight excluding hydrogens is 450 g/mol. The van der Waals surface area contributed by atoms with Gasteiger partial charge in [-0.2, -0.15) is 0 Å². The molecule has 2 aliphatic rings. The molecule has 5 amide bonds. The minimum absolute atomic E-state index is 0.0693. The number of nitrogens with zero attached hydrogens (tertiary/aromatic N) is 2. The third kappa shape index (κ3) is 5.95. The lowest BCUT2D eigenvalue weighted by atomic mass is 9.85. The zero-order chi connectivity index (χ0) is 26.0. The van der Waals surface area contributed by atoms with Crippen LogP contribution in [0.15, 0.2) is 0 Å². The fourth-order valence-corrected chi connectivity index (χ4v) is 4.19. The van der Waals surface area contributed by atoms with Crippen LogP contribution in [0.25, 0.3) is 0 Å². The number of primary amides is 1. The van der Waals surface area contributed by atoms with E-state index in [1.54, 1.807) is 20.8 Å². The molecule has 2 aliphatic heterocycles. The lowest BCUT2D eigenvalue weighted by Crippen LogP contribution is -2.75. The van der Waals surface area contributed by atoms with Gasteiger partial charge in [-0.15, -0.1) is 0 Å². The lowest BCUT2D eigenvalue weighted by molar-refractivity contribution is -0.170. The Morgan fingerprint density at radius 1 is 1.12 bits per heavy atom. The Morgan fingerprint density at radius 2 is 1.71 bits per heavy atom. The number of hydrogen-bond donors (Lipinski definition) is 5. The van der Waals surface area contributed by atoms with Crippen LogP contribution in [-0.2, 0) is 23.9 Å². The van der Waals surface area contributed by atoms with E-state index in [1.807, 2.05) is 0 Å². The first-order valence-corrected chi connectivity index (χ1v) is 11.1. The maximum Gasteiger partial charge on any atom is 0.408 e. The zero-order valence-corrected chi connectivity index (χ0v) is 20.2. The van der Waals surface area contributed by atoms with Crippen molar-refractivity contribution in [1.29, 1.82) is 0 Å². The van der Waals surface area contributed by atoms with Crippen LogP contribution < -0.4 is 16.4 Å². The van der Waals surface area contributed by atoms with E-state index in [0.29, 0.717) is 12.8 Å². The normalized spacial score (nSPS) is 23.6. The highest BCUT2D eigenvalue weighted by Crippen LogP contribution is 2.39. The quantitative estimate of drug-likeness (QED) is 0.239. The van der Waals surface area contributed by atoms with Crippen molar-refractivity contribution in [2.75, 3.05) is 19.6 Å². The molecule has 2 saturated heterocycles. The Balaban J connectivity index is 2.07. The topological polar surface area (TPSA) is 192 Å². The predicted molar refractivity (Wildman–Crippen MR) is 118 cm³/mol. The summed E-state index contributed by atoms with van der Waals surface area (Å²) >= 11 is 0. The fourth-order valence-electron chi connectivity index (χ4n) is 4.19. The van der Waals surface area contributed by atoms with Gasteiger partial charge in [-0.1, -0.05) is 0 Å². The summed E-state index contributed by atoms with van der Waals surface area (Å²) < 4.78 is 5.17. The molecule has 0 aromatic carbocycles. The van der Waals surface area contributed by atoms with Crippen LogP contribution >= 0.6 is 0 Å². The monoisotopic (exact) mass is 485 g/mol. The van der Waals surface area contributed by atoms with E-state index < -0.39 is 65.2 Å². The zero-order valence-electron chi connectivity index (χ0n) is 20.2. The van der Waals surface area contributed by atoms with Gasteiger partial charge in [0.05, 0.1) is 25.3 Å². The highest BCUT2D eigenvalue weighted by atomic mass is 16.6. The Morgan fingerprint density at radius 3 is 2.18 bits per heavy atom. The number of likely N-dealkylation sites (tertiary alicyclic amines) is 2. The van der Waals surface area contributed by atoms with E-state index in [0.717, 1.165) is 0 Å². The summed E-state index contributed by atoms with van der Waals surface area (Å²) in [5.74, 6) is -2.68. The molecule has 13 nitrogen and oxygen atoms in total. The van der Waals surface area contributed by atoms with Gasteiger partial charge in [0.25, 0.3) is 5.91 Å². The van der Waals surface area contributed by atoms with Crippen molar-refractivity contribution in [3.8, 4) is 0 Å². The fraction of sp³-hybridized carbons (Fsp3) is 0.762. The minimum atomic E-state index is -1.32. The molecule has 192 valence electrons. The number of amides is 5. The van der Waals surface area contributed by atoms with Gasteiger partial charge in [-0.25, -0.2) is 4.79 Å². The molecule has 0 radical (unpaired) electrons. The molecule has 2 rings (SSSR count). The molecule has 13 heteroatoms. The first-order valence-electron chi connectivity index (χ1n) is 11.1. The number of alkyl carbamates (subject to hydrolysis) is 1. The predicted octanol–water partition coefficient (Wildman–Crippen LogP) is -2.19. The number of ether oxygens (including phenoxy) is 1. The van der Waals surface area contributed by atoms with Crippen molar-refractivity contribution in [3.05, 3.63) is 0 Å². The largest absolute Gasteiger partial charge is 0.444 e. The second kappa shape index (κ2) is 10.1. The van der Waals surface area contributed by atoms with E-state index in [1.165, 1.54) is 23.6 Å². The van der Waals surface area contributed by atoms with Crippen molar-refractivity contribution < 1.29 is 38.9 Å². The number of carbonyl (C=O) groups excluding carboxylic acids is 5. The maximum absolute atomic E-state index is 13.2. The molecule has 0 bridgehead atoms. The number of carbonyl (C=O) groups is 5. The highest BCUT2D eigenvalue weighted by molar-refractivity contribution is 6.01. The molecule has 34 heavy (non-hydrogen) atoms. The van der Waals surface area contributed by atoms with Crippen LogP contribution in [-0.4, -0.2) is 105 Å². The first kappa shape index (κ1) is 27.3. The van der Waals surface area contributed by atoms with Gasteiger partial charge < -0.3 is 41.1 Å². The molecular formula is C21H35N5O8. The summed E-state index contributed by atoms with van der Waals surface area (Å²) in [6.07, 6.45) is -2.44. The summed E-state index contributed by atoms with van der Waals surface area (Å²) in [4.78, 5) is 64.6. The van der Waals surface area contributed by atoms with Crippen molar-refractivity contribution >= 4 is 29.7 Å². The highest BCUT2D eigenvalue weighted by Gasteiger charge is 2.60. The minimum Gasteiger partial charge on any atom is -0.444 e. The number of hydrogen-bond acceptors (Lipinski definition) is 8. The van der Waals surface area contributed by atoms with Crippen LogP contribution in [0.3, 0.4) is 0 Å². The average Bonchev–Trinajstić information content (AvgIpc) is 3.13. The number of nitrogens with one attached hydrogen (secondary N) is 2. The Hall–Kier alpha value is -2.93. The van der Waals surface area contributed by atoms with Crippen molar-refractivity contribution in [1.82, 2.24) is 20.4 Å².